The molecule has 0 saturated carbocycles. The zero-order valence-electron chi connectivity index (χ0n) is 11.4. The second-order valence-electron chi connectivity index (χ2n) is 3.47. The minimum absolute atomic E-state index is 0.347. The standard InChI is InChI=1S/C9H15NO3S3.C3H8/c1-2-5-16(13)6-3-4-14-15-7-8(10)9(11)12;1-3-2/h2-4,8H,1,5-7,10H2,(H,11,12);3H2,1-2H3/b4-3+;. The van der Waals surface area contributed by atoms with Gasteiger partial charge in [-0.15, -0.1) is 6.58 Å². The Morgan fingerprint density at radius 1 is 1.47 bits per heavy atom. The Labute approximate surface area is 126 Å². The molecule has 0 bridgehead atoms. The topological polar surface area (TPSA) is 80.4 Å². The summed E-state index contributed by atoms with van der Waals surface area (Å²) in [5, 5.41) is 10.3. The Morgan fingerprint density at radius 2 is 2.05 bits per heavy atom. The number of hydrogen-bond acceptors (Lipinski definition) is 5. The van der Waals surface area contributed by atoms with E-state index in [-0.39, 0.29) is 0 Å². The lowest BCUT2D eigenvalue weighted by atomic mass is 10.4. The first-order chi connectivity index (χ1) is 8.99. The van der Waals surface area contributed by atoms with Crippen molar-refractivity contribution in [2.75, 3.05) is 17.3 Å². The number of hydrogen-bond donors (Lipinski definition) is 2. The fourth-order valence-electron chi connectivity index (χ4n) is 0.609. The Hall–Kier alpha value is -0.240. The summed E-state index contributed by atoms with van der Waals surface area (Å²) in [5.41, 5.74) is 5.30. The van der Waals surface area contributed by atoms with Gasteiger partial charge in [0.25, 0.3) is 0 Å². The van der Waals surface area contributed by atoms with Crippen LogP contribution in [0.15, 0.2) is 24.1 Å². The van der Waals surface area contributed by atoms with Crippen molar-refractivity contribution in [3.8, 4) is 0 Å². The third-order valence-electron chi connectivity index (χ3n) is 1.37. The molecule has 4 nitrogen and oxygen atoms in total. The van der Waals surface area contributed by atoms with Crippen LogP contribution < -0.4 is 5.73 Å². The van der Waals surface area contributed by atoms with Crippen LogP contribution in [0.4, 0.5) is 0 Å². The minimum Gasteiger partial charge on any atom is -0.480 e. The zero-order chi connectivity index (χ0) is 15.1. The lowest BCUT2D eigenvalue weighted by Gasteiger charge is -2.02. The molecule has 0 aliphatic carbocycles. The minimum atomic E-state index is -0.996. The van der Waals surface area contributed by atoms with Crippen LogP contribution in [0.5, 0.6) is 0 Å². The predicted molar refractivity (Wildman–Crippen MR) is 88.8 cm³/mol. The number of carbonyl (C=O) groups is 1. The van der Waals surface area contributed by atoms with Gasteiger partial charge < -0.3 is 10.8 Å². The monoisotopic (exact) mass is 325 g/mol. The highest BCUT2D eigenvalue weighted by atomic mass is 33.1. The molecule has 0 aromatic heterocycles. The van der Waals surface area contributed by atoms with E-state index >= 15 is 0 Å². The molecule has 0 aliphatic heterocycles. The van der Waals surface area contributed by atoms with Gasteiger partial charge in [0.15, 0.2) is 0 Å². The van der Waals surface area contributed by atoms with Gasteiger partial charge in [-0.25, -0.2) is 0 Å². The van der Waals surface area contributed by atoms with Crippen molar-refractivity contribution in [1.29, 1.82) is 0 Å². The van der Waals surface area contributed by atoms with Crippen LogP contribution in [0, 0.1) is 0 Å². The largest absolute Gasteiger partial charge is 0.480 e. The molecule has 0 aromatic carbocycles. The van der Waals surface area contributed by atoms with E-state index in [0.717, 1.165) is 0 Å². The third-order valence-corrected chi connectivity index (χ3v) is 4.63. The van der Waals surface area contributed by atoms with Gasteiger partial charge in [-0.1, -0.05) is 54.0 Å². The first kappa shape index (κ1) is 21.1. The first-order valence-corrected chi connectivity index (χ1v) is 9.74. The summed E-state index contributed by atoms with van der Waals surface area (Å²) < 4.78 is 11.1. The van der Waals surface area contributed by atoms with Crippen LogP contribution in [-0.4, -0.2) is 38.6 Å². The normalized spacial score (nSPS) is 13.4. The second-order valence-corrected chi connectivity index (χ2v) is 7.33. The molecule has 0 amide bonds. The van der Waals surface area contributed by atoms with E-state index in [9.17, 15) is 9.00 Å². The quantitative estimate of drug-likeness (QED) is 0.385. The number of nitrogens with two attached hydrogens (primary N) is 1. The summed E-state index contributed by atoms with van der Waals surface area (Å²) in [7, 11) is 1.86. The van der Waals surface area contributed by atoms with Crippen molar-refractivity contribution in [3.05, 3.63) is 24.1 Å². The van der Waals surface area contributed by atoms with Gasteiger partial charge in [0.05, 0.1) is 0 Å². The van der Waals surface area contributed by atoms with Crippen molar-refractivity contribution in [2.24, 2.45) is 5.73 Å². The zero-order valence-corrected chi connectivity index (χ0v) is 13.9. The van der Waals surface area contributed by atoms with Crippen molar-refractivity contribution < 1.29 is 14.1 Å². The van der Waals surface area contributed by atoms with Crippen LogP contribution in [0.2, 0.25) is 0 Å². The fraction of sp³-hybridized carbons (Fsp3) is 0.583. The van der Waals surface area contributed by atoms with E-state index in [1.165, 1.54) is 28.0 Å². The molecule has 0 aliphatic rings. The van der Waals surface area contributed by atoms with Gasteiger partial charge in [0.1, 0.15) is 6.04 Å². The van der Waals surface area contributed by atoms with Gasteiger partial charge in [-0.3, -0.25) is 9.00 Å². The van der Waals surface area contributed by atoms with Crippen LogP contribution in [0.1, 0.15) is 20.3 Å². The SMILES string of the molecule is C=CCS(=O)C/C=C/SSCC(N)C(=O)O.CCC. The van der Waals surface area contributed by atoms with Crippen LogP contribution in [0.25, 0.3) is 0 Å². The Morgan fingerprint density at radius 3 is 2.53 bits per heavy atom. The lowest BCUT2D eigenvalue weighted by Crippen LogP contribution is -2.32. The van der Waals surface area contributed by atoms with Crippen LogP contribution >= 0.6 is 21.6 Å². The summed E-state index contributed by atoms with van der Waals surface area (Å²) in [6.45, 7) is 7.75. The molecule has 7 heteroatoms. The Balaban J connectivity index is 0. The van der Waals surface area contributed by atoms with Gasteiger partial charge in [-0.05, 0) is 5.41 Å². The van der Waals surface area contributed by atoms with Crippen molar-refractivity contribution in [2.45, 2.75) is 26.3 Å². The van der Waals surface area contributed by atoms with E-state index in [1.807, 2.05) is 0 Å². The molecule has 0 heterocycles. The maximum atomic E-state index is 11.1. The van der Waals surface area contributed by atoms with E-state index in [2.05, 4.69) is 20.4 Å². The van der Waals surface area contributed by atoms with Gasteiger partial charge in [0.2, 0.25) is 0 Å². The molecule has 2 atom stereocenters. The molecule has 0 fully saturated rings. The van der Waals surface area contributed by atoms with Crippen molar-refractivity contribution in [3.63, 3.8) is 0 Å². The Kier molecular flexibility index (Phi) is 17.5. The molecule has 112 valence electrons. The smallest absolute Gasteiger partial charge is 0.321 e. The molecule has 0 spiro atoms. The maximum Gasteiger partial charge on any atom is 0.321 e. The molecule has 3 N–H and O–H groups in total. The Bertz CT molecular complexity index is 296. The number of rotatable bonds is 9. The number of carboxylic acid groups (broad SMARTS) is 1. The molecule has 2 unspecified atom stereocenters. The second kappa shape index (κ2) is 15.8. The molecule has 0 rings (SSSR count). The van der Waals surface area contributed by atoms with E-state index in [4.69, 9.17) is 10.8 Å². The van der Waals surface area contributed by atoms with E-state index < -0.39 is 22.8 Å². The summed E-state index contributed by atoms with van der Waals surface area (Å²) >= 11 is 0. The highest BCUT2D eigenvalue weighted by molar-refractivity contribution is 8.77. The third kappa shape index (κ3) is 17.8. The number of aliphatic carboxylic acids is 1. The predicted octanol–water partition coefficient (Wildman–Crippen LogP) is 2.64. The van der Waals surface area contributed by atoms with E-state index in [0.29, 0.717) is 17.3 Å². The van der Waals surface area contributed by atoms with Gasteiger partial charge in [-0.2, -0.15) is 0 Å². The van der Waals surface area contributed by atoms with Gasteiger partial charge in [0, 0.05) is 28.1 Å². The number of carboxylic acids is 1. The van der Waals surface area contributed by atoms with Crippen molar-refractivity contribution >= 4 is 38.4 Å². The maximum absolute atomic E-state index is 11.1. The average molecular weight is 326 g/mol. The summed E-state index contributed by atoms with van der Waals surface area (Å²) in [6, 6.07) is -0.833. The highest BCUT2D eigenvalue weighted by Gasteiger charge is 2.10. The molecule has 0 radical (unpaired) electrons. The average Bonchev–Trinajstić information content (AvgIpc) is 2.34. The van der Waals surface area contributed by atoms with E-state index in [1.54, 1.807) is 17.6 Å². The molecule has 0 aromatic rings. The molecule has 19 heavy (non-hydrogen) atoms. The van der Waals surface area contributed by atoms with Crippen LogP contribution in [-0.2, 0) is 15.6 Å². The van der Waals surface area contributed by atoms with Crippen molar-refractivity contribution in [1.82, 2.24) is 0 Å². The fourth-order valence-corrected chi connectivity index (χ4v) is 3.21. The lowest BCUT2D eigenvalue weighted by molar-refractivity contribution is -0.137. The summed E-state index contributed by atoms with van der Waals surface area (Å²) in [5.74, 6) is 0.334. The highest BCUT2D eigenvalue weighted by Crippen LogP contribution is 2.22. The van der Waals surface area contributed by atoms with Gasteiger partial charge >= 0.3 is 5.97 Å². The summed E-state index contributed by atoms with van der Waals surface area (Å²) in [4.78, 5) is 10.4. The molecular weight excluding hydrogens is 302 g/mol. The summed E-state index contributed by atoms with van der Waals surface area (Å²) in [6.07, 6.45) is 4.67. The first-order valence-electron chi connectivity index (χ1n) is 5.87. The molecular formula is C12H23NO3S3. The molecule has 0 saturated heterocycles. The van der Waals surface area contributed by atoms with Crippen LogP contribution in [0.3, 0.4) is 0 Å².